The van der Waals surface area contributed by atoms with Crippen LogP contribution in [0.25, 0.3) is 75.4 Å². The molecule has 0 N–H and O–H groups in total. The monoisotopic (exact) mass is 877 g/mol. The first-order valence-electron chi connectivity index (χ1n) is 25.0. The summed E-state index contributed by atoms with van der Waals surface area (Å²) in [5.41, 5.74) is 12.9. The topological polar surface area (TPSA) is 3.24 Å². The van der Waals surface area contributed by atoms with E-state index in [1.54, 1.807) is 0 Å². The van der Waals surface area contributed by atoms with Crippen LogP contribution in [0.3, 0.4) is 0 Å². The summed E-state index contributed by atoms with van der Waals surface area (Å²) in [6.07, 6.45) is 0. The van der Waals surface area contributed by atoms with Crippen molar-refractivity contribution in [1.29, 1.82) is 0 Å². The van der Waals surface area contributed by atoms with Gasteiger partial charge in [-0.1, -0.05) is 207 Å². The maximum absolute atomic E-state index is 2.61. The van der Waals surface area contributed by atoms with Crippen LogP contribution in [-0.4, -0.2) is 0 Å². The lowest BCUT2D eigenvalue weighted by Crippen LogP contribution is -2.13. The molecule has 12 rings (SSSR count). The molecule has 0 atom stereocenters. The molecule has 0 spiro atoms. The summed E-state index contributed by atoms with van der Waals surface area (Å²) in [6, 6.07) is 70.8. The van der Waals surface area contributed by atoms with Crippen molar-refractivity contribution in [2.75, 3.05) is 4.90 Å². The fourth-order valence-corrected chi connectivity index (χ4v) is 11.8. The van der Waals surface area contributed by atoms with Gasteiger partial charge in [0, 0.05) is 28.1 Å². The van der Waals surface area contributed by atoms with Crippen molar-refractivity contribution in [2.24, 2.45) is 0 Å². The first-order valence-corrected chi connectivity index (χ1v) is 25.0. The first-order chi connectivity index (χ1) is 33.1. The molecule has 332 valence electrons. The summed E-state index contributed by atoms with van der Waals surface area (Å²) in [5.74, 6) is 1.64. The lowest BCUT2D eigenvalue weighted by atomic mass is 9.77. The van der Waals surface area contributed by atoms with Gasteiger partial charge in [-0.2, -0.15) is 0 Å². The van der Waals surface area contributed by atoms with Gasteiger partial charge in [-0.25, -0.2) is 0 Å². The first kappa shape index (κ1) is 42.2. The smallest absolute Gasteiger partial charge is 0.0625 e. The van der Waals surface area contributed by atoms with E-state index >= 15 is 0 Å². The third-order valence-electron chi connectivity index (χ3n) is 15.4. The zero-order valence-electron chi connectivity index (χ0n) is 40.7. The number of anilines is 3. The summed E-state index contributed by atoms with van der Waals surface area (Å²) in [4.78, 5) is 2.61. The Hall–Kier alpha value is -7.22. The highest BCUT2D eigenvalue weighted by molar-refractivity contribution is 6.42. The molecule has 1 heteroatoms. The molecule has 0 aromatic heterocycles. The van der Waals surface area contributed by atoms with Crippen molar-refractivity contribution in [2.45, 2.75) is 85.0 Å². The Bertz CT molecular complexity index is 3710. The molecular weight excluding hydrogens is 819 g/mol. The van der Waals surface area contributed by atoms with Crippen LogP contribution in [0.5, 0.6) is 0 Å². The van der Waals surface area contributed by atoms with Crippen LogP contribution < -0.4 is 4.90 Å². The standard InChI is InChI=1S/C67H59N/c1-39(2)43-22-26-48(27-23-43)60(49-28-24-44(25-29-49)40(3)4)66-63-57-21-13-18-54-52-16-9-10-17-53(52)58(62(54)57)38-59(63)67(65-56-20-12-15-47-14-11-19-55(61(47)56)64(65)66)68(50-34-30-45(31-35-50)41(5)6)51-36-32-46(33-37-51)42(7)8/h9-42,60H,1-8H3. The molecule has 68 heavy (non-hydrogen) atoms. The molecule has 0 aliphatic heterocycles. The summed E-state index contributed by atoms with van der Waals surface area (Å²) in [5, 5.41) is 18.3. The number of fused-ring (bicyclic) bond motifs is 8. The number of hydrogen-bond acceptors (Lipinski definition) is 1. The van der Waals surface area contributed by atoms with E-state index in [0.717, 1.165) is 11.4 Å². The van der Waals surface area contributed by atoms with Gasteiger partial charge in [0.2, 0.25) is 0 Å². The van der Waals surface area contributed by atoms with E-state index in [4.69, 9.17) is 0 Å². The van der Waals surface area contributed by atoms with Crippen molar-refractivity contribution >= 4 is 92.5 Å². The highest BCUT2D eigenvalue weighted by Gasteiger charge is 2.33. The summed E-state index contributed by atoms with van der Waals surface area (Å²) in [6.45, 7) is 18.4. The Morgan fingerprint density at radius 2 is 0.662 bits per heavy atom. The lowest BCUT2D eigenvalue weighted by molar-refractivity contribution is 0.859. The lowest BCUT2D eigenvalue weighted by Gasteiger charge is -2.32. The Kier molecular flexibility index (Phi) is 10.1. The Balaban J connectivity index is 1.35. The van der Waals surface area contributed by atoms with Gasteiger partial charge in [0.05, 0.1) is 5.69 Å². The third kappa shape index (κ3) is 6.50. The molecule has 0 saturated carbocycles. The van der Waals surface area contributed by atoms with E-state index in [-0.39, 0.29) is 5.92 Å². The van der Waals surface area contributed by atoms with Crippen LogP contribution in [0, 0.1) is 0 Å². The fourth-order valence-electron chi connectivity index (χ4n) is 11.8. The normalized spacial score (nSPS) is 12.5. The van der Waals surface area contributed by atoms with Gasteiger partial charge in [-0.05, 0) is 158 Å². The van der Waals surface area contributed by atoms with E-state index in [2.05, 4.69) is 242 Å². The minimum absolute atomic E-state index is 0.0720. The Morgan fingerprint density at radius 3 is 1.15 bits per heavy atom. The fraction of sp³-hybridized carbons (Fsp3) is 0.194. The molecule has 0 bridgehead atoms. The minimum Gasteiger partial charge on any atom is -0.309 e. The van der Waals surface area contributed by atoms with Crippen molar-refractivity contribution in [3.63, 3.8) is 0 Å². The van der Waals surface area contributed by atoms with Crippen molar-refractivity contribution in [1.82, 2.24) is 0 Å². The number of hydrogen-bond donors (Lipinski definition) is 0. The van der Waals surface area contributed by atoms with E-state index in [0.29, 0.717) is 23.7 Å². The molecular formula is C67H59N. The van der Waals surface area contributed by atoms with Crippen LogP contribution in [-0.2, 0) is 0 Å². The summed E-state index contributed by atoms with van der Waals surface area (Å²) < 4.78 is 0. The molecule has 0 saturated heterocycles. The average Bonchev–Trinajstić information content (AvgIpc) is 3.87. The summed E-state index contributed by atoms with van der Waals surface area (Å²) in [7, 11) is 0. The molecule has 1 nitrogen and oxygen atoms in total. The zero-order chi connectivity index (χ0) is 46.5. The molecule has 0 radical (unpaired) electrons. The molecule has 12 aromatic carbocycles. The summed E-state index contributed by atoms with van der Waals surface area (Å²) >= 11 is 0. The molecule has 0 aliphatic rings. The van der Waals surface area contributed by atoms with Crippen molar-refractivity contribution < 1.29 is 0 Å². The molecule has 0 amide bonds. The number of nitrogens with zero attached hydrogens (tertiary/aromatic N) is 1. The van der Waals surface area contributed by atoms with E-state index < -0.39 is 0 Å². The minimum atomic E-state index is -0.0720. The van der Waals surface area contributed by atoms with Crippen LogP contribution >= 0.6 is 0 Å². The van der Waals surface area contributed by atoms with E-state index in [9.17, 15) is 0 Å². The second-order valence-electron chi connectivity index (χ2n) is 20.7. The van der Waals surface area contributed by atoms with Gasteiger partial charge in [0.25, 0.3) is 0 Å². The van der Waals surface area contributed by atoms with E-state index in [1.807, 2.05) is 0 Å². The van der Waals surface area contributed by atoms with Crippen molar-refractivity contribution in [3.05, 3.63) is 221 Å². The van der Waals surface area contributed by atoms with Crippen molar-refractivity contribution in [3.8, 4) is 0 Å². The highest BCUT2D eigenvalue weighted by atomic mass is 15.1. The largest absolute Gasteiger partial charge is 0.309 e. The van der Waals surface area contributed by atoms with Gasteiger partial charge in [-0.15, -0.1) is 0 Å². The number of rotatable bonds is 10. The molecule has 0 heterocycles. The molecule has 12 aromatic rings. The van der Waals surface area contributed by atoms with Crippen LogP contribution in [0.1, 0.15) is 124 Å². The molecule has 0 aliphatic carbocycles. The average molecular weight is 878 g/mol. The maximum Gasteiger partial charge on any atom is 0.0625 e. The van der Waals surface area contributed by atoms with Crippen LogP contribution in [0.15, 0.2) is 182 Å². The maximum atomic E-state index is 2.61. The second kappa shape index (κ2) is 16.2. The third-order valence-corrected chi connectivity index (χ3v) is 15.4. The SMILES string of the molecule is CC(C)c1ccc(C(c2ccc(C(C)C)cc2)c2c3c(cc4c5ccccc5c5cccc3c54)c(N(c3ccc(C(C)C)cc3)c3ccc(C(C)C)cc3)c3c4cccc5cccc(c23)c54)cc1. The Labute approximate surface area is 401 Å². The molecule has 0 fully saturated rings. The Morgan fingerprint density at radius 1 is 0.279 bits per heavy atom. The second-order valence-corrected chi connectivity index (χ2v) is 20.7. The highest BCUT2D eigenvalue weighted by Crippen LogP contribution is 2.57. The van der Waals surface area contributed by atoms with Gasteiger partial charge in [-0.3, -0.25) is 0 Å². The predicted molar refractivity (Wildman–Crippen MR) is 296 cm³/mol. The number of benzene rings is 10. The van der Waals surface area contributed by atoms with Gasteiger partial charge in [0.15, 0.2) is 0 Å². The molecule has 0 unspecified atom stereocenters. The van der Waals surface area contributed by atoms with Gasteiger partial charge in [0.1, 0.15) is 0 Å². The van der Waals surface area contributed by atoms with Gasteiger partial charge >= 0.3 is 0 Å². The van der Waals surface area contributed by atoms with Crippen LogP contribution in [0.4, 0.5) is 17.1 Å². The quantitative estimate of drug-likeness (QED) is 0.0977. The predicted octanol–water partition coefficient (Wildman–Crippen LogP) is 19.8. The van der Waals surface area contributed by atoms with E-state index in [1.165, 1.54) is 120 Å². The zero-order valence-corrected chi connectivity index (χ0v) is 40.7. The van der Waals surface area contributed by atoms with Crippen LogP contribution in [0.2, 0.25) is 0 Å². The van der Waals surface area contributed by atoms with Gasteiger partial charge < -0.3 is 4.90 Å².